The first kappa shape index (κ1) is 17.0. The van der Waals surface area contributed by atoms with Gasteiger partial charge in [0.2, 0.25) is 5.91 Å². The van der Waals surface area contributed by atoms with Gasteiger partial charge in [-0.2, -0.15) is 0 Å². The predicted octanol–water partition coefficient (Wildman–Crippen LogP) is 2.52. The van der Waals surface area contributed by atoms with Crippen molar-refractivity contribution in [2.75, 3.05) is 34.4 Å². The third-order valence-electron chi connectivity index (χ3n) is 4.16. The van der Waals surface area contributed by atoms with Crippen LogP contribution in [0.1, 0.15) is 30.4 Å². The molecule has 1 saturated heterocycles. The predicted molar refractivity (Wildman–Crippen MR) is 88.5 cm³/mol. The molecule has 1 aromatic rings. The molecule has 22 heavy (non-hydrogen) atoms. The maximum Gasteiger partial charge on any atom is 0.222 e. The van der Waals surface area contributed by atoms with Crippen molar-refractivity contribution in [1.82, 2.24) is 9.80 Å². The minimum atomic E-state index is 0.218. The average Bonchev–Trinajstić information content (AvgIpc) is 2.49. The Balaban J connectivity index is 1.93. The maximum absolute atomic E-state index is 12.4. The van der Waals surface area contributed by atoms with E-state index in [2.05, 4.69) is 37.2 Å². The van der Waals surface area contributed by atoms with Crippen molar-refractivity contribution in [3.05, 3.63) is 35.4 Å². The molecule has 0 saturated carbocycles. The summed E-state index contributed by atoms with van der Waals surface area (Å²) in [7, 11) is 6.03. The van der Waals surface area contributed by atoms with Crippen LogP contribution in [0.2, 0.25) is 0 Å². The van der Waals surface area contributed by atoms with Crippen molar-refractivity contribution in [3.8, 4) is 0 Å². The summed E-state index contributed by atoms with van der Waals surface area (Å²) in [5, 5.41) is 0. The SMILES string of the molecule is CN(C)Cc1ccccc1CN(C)C(=O)CC1CCCOC1. The zero-order chi connectivity index (χ0) is 15.9. The third-order valence-corrected chi connectivity index (χ3v) is 4.16. The van der Waals surface area contributed by atoms with E-state index in [-0.39, 0.29) is 5.91 Å². The van der Waals surface area contributed by atoms with E-state index in [1.54, 1.807) is 0 Å². The van der Waals surface area contributed by atoms with Crippen LogP contribution in [0.25, 0.3) is 0 Å². The molecule has 1 heterocycles. The Kier molecular flexibility index (Phi) is 6.40. The van der Waals surface area contributed by atoms with Gasteiger partial charge in [-0.15, -0.1) is 0 Å². The zero-order valence-electron chi connectivity index (χ0n) is 14.0. The maximum atomic E-state index is 12.4. The number of ether oxygens (including phenoxy) is 1. The smallest absolute Gasteiger partial charge is 0.222 e. The molecular weight excluding hydrogens is 276 g/mol. The molecule has 1 aliphatic heterocycles. The highest BCUT2D eigenvalue weighted by Crippen LogP contribution is 2.19. The minimum absolute atomic E-state index is 0.218. The molecule has 1 unspecified atom stereocenters. The summed E-state index contributed by atoms with van der Waals surface area (Å²) in [6, 6.07) is 8.36. The van der Waals surface area contributed by atoms with Gasteiger partial charge in [0.1, 0.15) is 0 Å². The van der Waals surface area contributed by atoms with E-state index >= 15 is 0 Å². The van der Waals surface area contributed by atoms with Gasteiger partial charge < -0.3 is 14.5 Å². The number of nitrogens with zero attached hydrogens (tertiary/aromatic N) is 2. The Morgan fingerprint density at radius 3 is 2.45 bits per heavy atom. The molecule has 0 bridgehead atoms. The summed E-state index contributed by atoms with van der Waals surface area (Å²) in [4.78, 5) is 16.4. The lowest BCUT2D eigenvalue weighted by Crippen LogP contribution is -2.31. The third kappa shape index (κ3) is 5.11. The van der Waals surface area contributed by atoms with Crippen molar-refractivity contribution in [2.24, 2.45) is 5.92 Å². The minimum Gasteiger partial charge on any atom is -0.381 e. The highest BCUT2D eigenvalue weighted by Gasteiger charge is 2.20. The Morgan fingerprint density at radius 2 is 1.86 bits per heavy atom. The van der Waals surface area contributed by atoms with Gasteiger partial charge in [0.25, 0.3) is 0 Å². The number of hydrogen-bond donors (Lipinski definition) is 0. The second-order valence-corrected chi connectivity index (χ2v) is 6.54. The Bertz CT molecular complexity index is 482. The largest absolute Gasteiger partial charge is 0.381 e. The first-order valence-electron chi connectivity index (χ1n) is 8.09. The van der Waals surface area contributed by atoms with Crippen molar-refractivity contribution < 1.29 is 9.53 Å². The summed E-state index contributed by atoms with van der Waals surface area (Å²) in [5.41, 5.74) is 2.51. The zero-order valence-corrected chi connectivity index (χ0v) is 14.0. The summed E-state index contributed by atoms with van der Waals surface area (Å²) < 4.78 is 5.47. The van der Waals surface area contributed by atoms with Crippen LogP contribution in [-0.2, 0) is 22.6 Å². The number of hydrogen-bond acceptors (Lipinski definition) is 3. The molecule has 4 nitrogen and oxygen atoms in total. The highest BCUT2D eigenvalue weighted by atomic mass is 16.5. The Hall–Kier alpha value is -1.39. The molecule has 1 amide bonds. The van der Waals surface area contributed by atoms with E-state index in [0.29, 0.717) is 18.9 Å². The van der Waals surface area contributed by atoms with Crippen LogP contribution in [0, 0.1) is 5.92 Å². The van der Waals surface area contributed by atoms with Crippen LogP contribution in [0.4, 0.5) is 0 Å². The second kappa shape index (κ2) is 8.30. The van der Waals surface area contributed by atoms with Crippen LogP contribution in [0.15, 0.2) is 24.3 Å². The van der Waals surface area contributed by atoms with Gasteiger partial charge in [-0.3, -0.25) is 4.79 Å². The van der Waals surface area contributed by atoms with Gasteiger partial charge in [-0.25, -0.2) is 0 Å². The molecule has 2 rings (SSSR count). The fraction of sp³-hybridized carbons (Fsp3) is 0.611. The number of carbonyl (C=O) groups is 1. The molecule has 1 aliphatic rings. The van der Waals surface area contributed by atoms with Gasteiger partial charge in [-0.05, 0) is 44.0 Å². The van der Waals surface area contributed by atoms with Crippen molar-refractivity contribution >= 4 is 5.91 Å². The van der Waals surface area contributed by atoms with Crippen molar-refractivity contribution in [3.63, 3.8) is 0 Å². The van der Waals surface area contributed by atoms with Gasteiger partial charge in [-0.1, -0.05) is 24.3 Å². The topological polar surface area (TPSA) is 32.8 Å². The van der Waals surface area contributed by atoms with Crippen molar-refractivity contribution in [2.45, 2.75) is 32.4 Å². The highest BCUT2D eigenvalue weighted by molar-refractivity contribution is 5.76. The van der Waals surface area contributed by atoms with Crippen molar-refractivity contribution in [1.29, 1.82) is 0 Å². The van der Waals surface area contributed by atoms with Crippen LogP contribution in [0.3, 0.4) is 0 Å². The molecule has 0 aliphatic carbocycles. The number of carbonyl (C=O) groups excluding carboxylic acids is 1. The van der Waals surface area contributed by atoms with Gasteiger partial charge in [0, 0.05) is 39.8 Å². The molecular formula is C18H28N2O2. The molecule has 1 aromatic carbocycles. The summed E-state index contributed by atoms with van der Waals surface area (Å²) in [5.74, 6) is 0.607. The normalized spacial score (nSPS) is 18.5. The number of amides is 1. The Labute approximate surface area is 134 Å². The van der Waals surface area contributed by atoms with E-state index in [1.807, 2.05) is 18.0 Å². The molecule has 122 valence electrons. The fourth-order valence-corrected chi connectivity index (χ4v) is 2.92. The standard InChI is InChI=1S/C18H28N2O2/c1-19(2)12-16-8-4-5-9-17(16)13-20(3)18(21)11-15-7-6-10-22-14-15/h4-5,8-9,15H,6-7,10-14H2,1-3H3. The van der Waals surface area contributed by atoms with Gasteiger partial charge in [0.05, 0.1) is 0 Å². The van der Waals surface area contributed by atoms with Gasteiger partial charge in [0.15, 0.2) is 0 Å². The van der Waals surface area contributed by atoms with Crippen LogP contribution in [0.5, 0.6) is 0 Å². The summed E-state index contributed by atoms with van der Waals surface area (Å²) in [6.07, 6.45) is 2.79. The number of rotatable bonds is 6. The quantitative estimate of drug-likeness (QED) is 0.809. The molecule has 0 aromatic heterocycles. The lowest BCUT2D eigenvalue weighted by Gasteiger charge is -2.25. The first-order chi connectivity index (χ1) is 10.6. The van der Waals surface area contributed by atoms with E-state index < -0.39 is 0 Å². The summed E-state index contributed by atoms with van der Waals surface area (Å²) >= 11 is 0. The average molecular weight is 304 g/mol. The van der Waals surface area contributed by atoms with Crippen LogP contribution in [-0.4, -0.2) is 50.1 Å². The number of benzene rings is 1. The van der Waals surface area contributed by atoms with Crippen LogP contribution < -0.4 is 0 Å². The summed E-state index contributed by atoms with van der Waals surface area (Å²) in [6.45, 7) is 3.15. The van der Waals surface area contributed by atoms with Crippen LogP contribution >= 0.6 is 0 Å². The van der Waals surface area contributed by atoms with E-state index in [1.165, 1.54) is 11.1 Å². The van der Waals surface area contributed by atoms with E-state index in [9.17, 15) is 4.79 Å². The molecule has 0 radical (unpaired) electrons. The lowest BCUT2D eigenvalue weighted by molar-refractivity contribution is -0.132. The molecule has 1 atom stereocenters. The molecule has 0 N–H and O–H groups in total. The second-order valence-electron chi connectivity index (χ2n) is 6.54. The Morgan fingerprint density at radius 1 is 1.18 bits per heavy atom. The fourth-order valence-electron chi connectivity index (χ4n) is 2.92. The monoisotopic (exact) mass is 304 g/mol. The lowest BCUT2D eigenvalue weighted by atomic mass is 9.98. The molecule has 4 heteroatoms. The van der Waals surface area contributed by atoms with E-state index in [4.69, 9.17) is 4.74 Å². The molecule has 1 fully saturated rings. The van der Waals surface area contributed by atoms with Gasteiger partial charge >= 0.3 is 0 Å². The van der Waals surface area contributed by atoms with E-state index in [0.717, 1.165) is 32.6 Å². The first-order valence-corrected chi connectivity index (χ1v) is 8.09. The molecule has 0 spiro atoms.